The first-order valence-corrected chi connectivity index (χ1v) is 6.89. The first-order valence-electron chi connectivity index (χ1n) is 6.89. The minimum absolute atomic E-state index is 0.197. The Labute approximate surface area is 118 Å². The van der Waals surface area contributed by atoms with Gasteiger partial charge in [-0.1, -0.05) is 48.5 Å². The molecular formula is C18H17NO. The summed E-state index contributed by atoms with van der Waals surface area (Å²) in [6.45, 7) is 2.82. The Morgan fingerprint density at radius 2 is 1.70 bits per heavy atom. The largest absolute Gasteiger partial charge is 0.344 e. The summed E-state index contributed by atoms with van der Waals surface area (Å²) in [5.41, 5.74) is 3.19. The molecule has 0 atom stereocenters. The summed E-state index contributed by atoms with van der Waals surface area (Å²) in [6, 6.07) is 20.0. The second kappa shape index (κ2) is 5.33. The quantitative estimate of drug-likeness (QED) is 0.646. The number of fused-ring (bicyclic) bond motifs is 1. The van der Waals surface area contributed by atoms with Crippen LogP contribution in [0, 0.1) is 6.92 Å². The number of aryl methyl sites for hydroxylation is 2. The lowest BCUT2D eigenvalue weighted by Crippen LogP contribution is -2.07. The van der Waals surface area contributed by atoms with Gasteiger partial charge in [0.15, 0.2) is 5.78 Å². The molecule has 20 heavy (non-hydrogen) atoms. The van der Waals surface area contributed by atoms with Gasteiger partial charge in [0.2, 0.25) is 0 Å². The van der Waals surface area contributed by atoms with Crippen molar-refractivity contribution in [3.8, 4) is 0 Å². The van der Waals surface area contributed by atoms with Crippen LogP contribution in [0.4, 0.5) is 0 Å². The highest BCUT2D eigenvalue weighted by Gasteiger charge is 2.08. The van der Waals surface area contributed by atoms with Crippen LogP contribution in [0.25, 0.3) is 10.9 Å². The molecule has 0 aliphatic carbocycles. The van der Waals surface area contributed by atoms with E-state index in [2.05, 4.69) is 29.7 Å². The van der Waals surface area contributed by atoms with Gasteiger partial charge >= 0.3 is 0 Å². The summed E-state index contributed by atoms with van der Waals surface area (Å²) < 4.78 is 2.22. The average Bonchev–Trinajstić information content (AvgIpc) is 2.81. The van der Waals surface area contributed by atoms with Crippen LogP contribution in [-0.2, 0) is 6.54 Å². The van der Waals surface area contributed by atoms with E-state index in [9.17, 15) is 4.79 Å². The molecule has 0 unspecified atom stereocenters. The van der Waals surface area contributed by atoms with Gasteiger partial charge in [-0.15, -0.1) is 0 Å². The maximum Gasteiger partial charge on any atom is 0.164 e. The second-order valence-corrected chi connectivity index (χ2v) is 5.04. The zero-order chi connectivity index (χ0) is 13.9. The Morgan fingerprint density at radius 3 is 2.50 bits per heavy atom. The van der Waals surface area contributed by atoms with E-state index in [0.29, 0.717) is 6.42 Å². The summed E-state index contributed by atoms with van der Waals surface area (Å²) in [5, 5.41) is 1.23. The Morgan fingerprint density at radius 1 is 1.00 bits per heavy atom. The second-order valence-electron chi connectivity index (χ2n) is 5.04. The number of Topliss-reactive ketones (excluding diaryl/α,β-unsaturated/α-hetero) is 1. The molecule has 0 fully saturated rings. The summed E-state index contributed by atoms with van der Waals surface area (Å²) in [6.07, 6.45) is 0.531. The Balaban J connectivity index is 1.81. The van der Waals surface area contributed by atoms with Gasteiger partial charge in [0.05, 0.1) is 0 Å². The molecule has 0 N–H and O–H groups in total. The van der Waals surface area contributed by atoms with Crippen molar-refractivity contribution in [3.63, 3.8) is 0 Å². The lowest BCUT2D eigenvalue weighted by atomic mass is 10.1. The molecule has 2 nitrogen and oxygen atoms in total. The van der Waals surface area contributed by atoms with Gasteiger partial charge in [-0.3, -0.25) is 4.79 Å². The van der Waals surface area contributed by atoms with E-state index in [1.165, 1.54) is 16.6 Å². The van der Waals surface area contributed by atoms with Crippen molar-refractivity contribution in [2.75, 3.05) is 0 Å². The average molecular weight is 263 g/mol. The molecular weight excluding hydrogens is 246 g/mol. The van der Waals surface area contributed by atoms with Crippen LogP contribution in [0.3, 0.4) is 0 Å². The van der Waals surface area contributed by atoms with Crippen molar-refractivity contribution in [2.45, 2.75) is 19.9 Å². The number of hydrogen-bond donors (Lipinski definition) is 0. The van der Waals surface area contributed by atoms with Crippen molar-refractivity contribution in [1.29, 1.82) is 0 Å². The molecule has 0 aliphatic rings. The predicted molar refractivity (Wildman–Crippen MR) is 82.1 cm³/mol. The Hall–Kier alpha value is -2.35. The zero-order valence-electron chi connectivity index (χ0n) is 11.5. The van der Waals surface area contributed by atoms with Crippen molar-refractivity contribution < 1.29 is 4.79 Å². The minimum atomic E-state index is 0.197. The summed E-state index contributed by atoms with van der Waals surface area (Å²) in [5.74, 6) is 0.197. The van der Waals surface area contributed by atoms with E-state index in [0.717, 1.165) is 12.1 Å². The highest BCUT2D eigenvalue weighted by Crippen LogP contribution is 2.19. The van der Waals surface area contributed by atoms with Crippen LogP contribution >= 0.6 is 0 Å². The van der Waals surface area contributed by atoms with Gasteiger partial charge in [0.1, 0.15) is 0 Å². The molecule has 0 amide bonds. The van der Waals surface area contributed by atoms with Crippen LogP contribution in [0.2, 0.25) is 0 Å². The zero-order valence-corrected chi connectivity index (χ0v) is 11.5. The monoisotopic (exact) mass is 263 g/mol. The fourth-order valence-electron chi connectivity index (χ4n) is 2.63. The molecule has 3 aromatic rings. The van der Waals surface area contributed by atoms with E-state index < -0.39 is 0 Å². The van der Waals surface area contributed by atoms with Crippen molar-refractivity contribution in [1.82, 2.24) is 4.57 Å². The normalized spacial score (nSPS) is 10.8. The smallest absolute Gasteiger partial charge is 0.164 e. The van der Waals surface area contributed by atoms with Crippen LogP contribution in [-0.4, -0.2) is 10.4 Å². The molecule has 0 radical (unpaired) electrons. The van der Waals surface area contributed by atoms with Gasteiger partial charge in [-0.05, 0) is 24.4 Å². The third-order valence-corrected chi connectivity index (χ3v) is 3.68. The highest BCUT2D eigenvalue weighted by atomic mass is 16.1. The maximum absolute atomic E-state index is 12.2. The van der Waals surface area contributed by atoms with Gasteiger partial charge in [0, 0.05) is 29.7 Å². The first-order chi connectivity index (χ1) is 9.75. The molecule has 0 saturated heterocycles. The van der Waals surface area contributed by atoms with Gasteiger partial charge in [-0.25, -0.2) is 0 Å². The lowest BCUT2D eigenvalue weighted by molar-refractivity contribution is 0.0977. The predicted octanol–water partition coefficient (Wildman–Crippen LogP) is 4.22. The SMILES string of the molecule is Cc1cc2ccccc2n1CCC(=O)c1ccccc1. The molecule has 2 heteroatoms. The Kier molecular flexibility index (Phi) is 3.38. The molecule has 2 aromatic carbocycles. The summed E-state index contributed by atoms with van der Waals surface area (Å²) >= 11 is 0. The highest BCUT2D eigenvalue weighted by molar-refractivity contribution is 5.96. The number of aromatic nitrogens is 1. The number of carbonyl (C=O) groups is 1. The standard InChI is InChI=1S/C18H17NO/c1-14-13-16-9-5-6-10-17(16)19(14)12-11-18(20)15-7-3-2-4-8-15/h2-10,13H,11-12H2,1H3. The molecule has 1 aromatic heterocycles. The van der Waals surface area contributed by atoms with Gasteiger partial charge < -0.3 is 4.57 Å². The van der Waals surface area contributed by atoms with Crippen LogP contribution in [0.1, 0.15) is 22.5 Å². The van der Waals surface area contributed by atoms with Crippen molar-refractivity contribution >= 4 is 16.7 Å². The molecule has 1 heterocycles. The lowest BCUT2D eigenvalue weighted by Gasteiger charge is -2.08. The molecule has 0 bridgehead atoms. The third kappa shape index (κ3) is 2.37. The minimum Gasteiger partial charge on any atom is -0.344 e. The number of hydrogen-bond acceptors (Lipinski definition) is 1. The van der Waals surface area contributed by atoms with E-state index in [1.54, 1.807) is 0 Å². The van der Waals surface area contributed by atoms with Crippen LogP contribution in [0.5, 0.6) is 0 Å². The van der Waals surface area contributed by atoms with Crippen molar-refractivity contribution in [2.24, 2.45) is 0 Å². The van der Waals surface area contributed by atoms with Gasteiger partial charge in [0.25, 0.3) is 0 Å². The fourth-order valence-corrected chi connectivity index (χ4v) is 2.63. The molecule has 0 saturated carbocycles. The summed E-state index contributed by atoms with van der Waals surface area (Å²) in [4.78, 5) is 12.2. The van der Waals surface area contributed by atoms with E-state index in [1.807, 2.05) is 42.5 Å². The number of carbonyl (C=O) groups excluding carboxylic acids is 1. The molecule has 0 spiro atoms. The fraction of sp³-hybridized carbons (Fsp3) is 0.167. The van der Waals surface area contributed by atoms with E-state index in [4.69, 9.17) is 0 Å². The van der Waals surface area contributed by atoms with Crippen LogP contribution in [0.15, 0.2) is 60.7 Å². The number of ketones is 1. The molecule has 100 valence electrons. The van der Waals surface area contributed by atoms with E-state index in [-0.39, 0.29) is 5.78 Å². The van der Waals surface area contributed by atoms with E-state index >= 15 is 0 Å². The maximum atomic E-state index is 12.2. The topological polar surface area (TPSA) is 22.0 Å². The third-order valence-electron chi connectivity index (χ3n) is 3.68. The van der Waals surface area contributed by atoms with Crippen molar-refractivity contribution in [3.05, 3.63) is 71.9 Å². The van der Waals surface area contributed by atoms with Crippen LogP contribution < -0.4 is 0 Å². The number of nitrogens with zero attached hydrogens (tertiary/aromatic N) is 1. The number of benzene rings is 2. The first kappa shape index (κ1) is 12.7. The Bertz CT molecular complexity index is 740. The summed E-state index contributed by atoms with van der Waals surface area (Å²) in [7, 11) is 0. The molecule has 0 aliphatic heterocycles. The molecule has 3 rings (SSSR count). The number of para-hydroxylation sites is 1. The number of rotatable bonds is 4. The van der Waals surface area contributed by atoms with Gasteiger partial charge in [-0.2, -0.15) is 0 Å².